The van der Waals surface area contributed by atoms with Gasteiger partial charge in [0.25, 0.3) is 0 Å². The Morgan fingerprint density at radius 1 is 1.14 bits per heavy atom. The van der Waals surface area contributed by atoms with E-state index in [9.17, 15) is 9.59 Å². The van der Waals surface area contributed by atoms with Gasteiger partial charge < -0.3 is 15.3 Å². The van der Waals surface area contributed by atoms with Crippen molar-refractivity contribution < 1.29 is 14.7 Å². The molecule has 0 aromatic heterocycles. The number of rotatable bonds is 3. The van der Waals surface area contributed by atoms with Crippen LogP contribution in [0, 0.1) is 29.6 Å². The second kappa shape index (κ2) is 4.89. The van der Waals surface area contributed by atoms with Crippen molar-refractivity contribution in [3.05, 3.63) is 0 Å². The van der Waals surface area contributed by atoms with Crippen molar-refractivity contribution in [2.24, 2.45) is 29.6 Å². The van der Waals surface area contributed by atoms with Gasteiger partial charge in [-0.15, -0.1) is 0 Å². The molecule has 0 aromatic carbocycles. The molecule has 5 nitrogen and oxygen atoms in total. The Kier molecular flexibility index (Phi) is 3.12. The number of fused-ring (bicyclic) bond motifs is 5. The van der Waals surface area contributed by atoms with Crippen LogP contribution in [0.5, 0.6) is 0 Å². The minimum absolute atomic E-state index is 0.0453. The number of likely N-dealkylation sites (tertiary alicyclic amines) is 1. The van der Waals surface area contributed by atoms with Gasteiger partial charge in [-0.2, -0.15) is 0 Å². The number of hydrogen-bond acceptors (Lipinski definition) is 2. The predicted molar refractivity (Wildman–Crippen MR) is 76.7 cm³/mol. The van der Waals surface area contributed by atoms with E-state index in [0.29, 0.717) is 12.6 Å². The molecule has 4 fully saturated rings. The van der Waals surface area contributed by atoms with Crippen LogP contribution in [0.15, 0.2) is 0 Å². The summed E-state index contributed by atoms with van der Waals surface area (Å²) >= 11 is 0. The lowest BCUT2D eigenvalue weighted by Gasteiger charge is -2.32. The van der Waals surface area contributed by atoms with Gasteiger partial charge in [-0.25, -0.2) is 4.79 Å². The smallest absolute Gasteiger partial charge is 0.317 e. The number of nitrogens with one attached hydrogen (secondary N) is 1. The zero-order valence-corrected chi connectivity index (χ0v) is 12.3. The number of carboxylic acid groups (broad SMARTS) is 1. The first kappa shape index (κ1) is 13.4. The molecule has 2 bridgehead atoms. The average molecular weight is 292 g/mol. The third-order valence-corrected chi connectivity index (χ3v) is 6.29. The molecule has 0 spiro atoms. The standard InChI is InChI=1S/C16H24N2O3/c19-12(20)6-9-2-1-5-18(8-9)16(21)17-15-13-10-3-4-11(7-10)14(13)15/h9-11,13-15H,1-8H2,(H,17,21)(H,19,20). The minimum atomic E-state index is -0.754. The lowest BCUT2D eigenvalue weighted by atomic mass is 9.95. The van der Waals surface area contributed by atoms with Crippen LogP contribution >= 0.6 is 0 Å². The molecule has 5 heteroatoms. The molecule has 21 heavy (non-hydrogen) atoms. The summed E-state index contributed by atoms with van der Waals surface area (Å²) in [5.41, 5.74) is 0. The molecule has 3 saturated carbocycles. The lowest BCUT2D eigenvalue weighted by molar-refractivity contribution is -0.138. The van der Waals surface area contributed by atoms with E-state index in [-0.39, 0.29) is 18.4 Å². The normalized spacial score (nSPS) is 43.5. The van der Waals surface area contributed by atoms with E-state index in [1.807, 2.05) is 4.90 Å². The molecule has 2 amide bonds. The third-order valence-electron chi connectivity index (χ3n) is 6.29. The molecule has 0 aromatic rings. The summed E-state index contributed by atoms with van der Waals surface area (Å²) < 4.78 is 0. The highest BCUT2D eigenvalue weighted by Crippen LogP contribution is 2.65. The van der Waals surface area contributed by atoms with Crippen molar-refractivity contribution in [2.45, 2.75) is 44.6 Å². The predicted octanol–water partition coefficient (Wildman–Crippen LogP) is 1.93. The van der Waals surface area contributed by atoms with E-state index in [4.69, 9.17) is 5.11 Å². The minimum Gasteiger partial charge on any atom is -0.481 e. The summed E-state index contributed by atoms with van der Waals surface area (Å²) in [6.45, 7) is 1.38. The molecular weight excluding hydrogens is 268 g/mol. The van der Waals surface area contributed by atoms with Crippen LogP contribution in [0.3, 0.4) is 0 Å². The van der Waals surface area contributed by atoms with E-state index in [0.717, 1.165) is 43.1 Å². The number of nitrogens with zero attached hydrogens (tertiary/aromatic N) is 1. The quantitative estimate of drug-likeness (QED) is 0.835. The van der Waals surface area contributed by atoms with Gasteiger partial charge in [-0.1, -0.05) is 0 Å². The van der Waals surface area contributed by atoms with Gasteiger partial charge in [0.15, 0.2) is 0 Å². The van der Waals surface area contributed by atoms with Crippen LogP contribution in [0.2, 0.25) is 0 Å². The van der Waals surface area contributed by atoms with E-state index >= 15 is 0 Å². The Bertz CT molecular complexity index is 450. The molecule has 0 radical (unpaired) electrons. The van der Waals surface area contributed by atoms with Crippen LogP contribution in [0.4, 0.5) is 4.79 Å². The van der Waals surface area contributed by atoms with E-state index in [1.165, 1.54) is 19.3 Å². The Labute approximate surface area is 125 Å². The molecule has 1 aliphatic heterocycles. The maximum Gasteiger partial charge on any atom is 0.317 e. The fraction of sp³-hybridized carbons (Fsp3) is 0.875. The lowest BCUT2D eigenvalue weighted by Crippen LogP contribution is -2.47. The Hall–Kier alpha value is -1.26. The summed E-state index contributed by atoms with van der Waals surface area (Å²) in [5, 5.41) is 12.1. The highest BCUT2D eigenvalue weighted by atomic mass is 16.4. The zero-order valence-electron chi connectivity index (χ0n) is 12.3. The Morgan fingerprint density at radius 2 is 1.86 bits per heavy atom. The Morgan fingerprint density at radius 3 is 2.52 bits per heavy atom. The summed E-state index contributed by atoms with van der Waals surface area (Å²) in [6.07, 6.45) is 6.16. The van der Waals surface area contributed by atoms with E-state index in [2.05, 4.69) is 5.32 Å². The fourth-order valence-electron chi connectivity index (χ4n) is 5.42. The maximum absolute atomic E-state index is 12.4. The number of urea groups is 1. The first-order chi connectivity index (χ1) is 10.1. The first-order valence-electron chi connectivity index (χ1n) is 8.40. The number of carbonyl (C=O) groups is 2. The van der Waals surface area contributed by atoms with Crippen molar-refractivity contribution in [3.63, 3.8) is 0 Å². The average Bonchev–Trinajstić information content (AvgIpc) is 2.83. The van der Waals surface area contributed by atoms with Gasteiger partial charge in [0, 0.05) is 25.6 Å². The second-order valence-electron chi connectivity index (χ2n) is 7.52. The van der Waals surface area contributed by atoms with Gasteiger partial charge in [0.05, 0.1) is 0 Å². The Balaban J connectivity index is 1.30. The molecule has 1 heterocycles. The van der Waals surface area contributed by atoms with Crippen LogP contribution in [0.25, 0.3) is 0 Å². The molecule has 4 aliphatic rings. The first-order valence-corrected chi connectivity index (χ1v) is 8.40. The second-order valence-corrected chi connectivity index (χ2v) is 7.52. The summed E-state index contributed by atoms with van der Waals surface area (Å²) in [5.74, 6) is 2.62. The highest BCUT2D eigenvalue weighted by molar-refractivity contribution is 5.75. The van der Waals surface area contributed by atoms with Crippen molar-refractivity contribution >= 4 is 12.0 Å². The van der Waals surface area contributed by atoms with Crippen molar-refractivity contribution in [1.29, 1.82) is 0 Å². The number of aliphatic carboxylic acids is 1. The number of carboxylic acids is 1. The van der Waals surface area contributed by atoms with Crippen molar-refractivity contribution in [1.82, 2.24) is 10.2 Å². The molecule has 116 valence electrons. The molecule has 5 atom stereocenters. The number of piperidine rings is 1. The number of hydrogen-bond donors (Lipinski definition) is 2. The van der Waals surface area contributed by atoms with E-state index < -0.39 is 5.97 Å². The van der Waals surface area contributed by atoms with Crippen LogP contribution in [-0.4, -0.2) is 41.1 Å². The topological polar surface area (TPSA) is 69.6 Å². The SMILES string of the molecule is O=C(O)CC1CCCN(C(=O)NC2C3C4CCC(C4)C23)C1. The summed E-state index contributed by atoms with van der Waals surface area (Å²) in [4.78, 5) is 25.1. The van der Waals surface area contributed by atoms with Crippen molar-refractivity contribution in [3.8, 4) is 0 Å². The molecule has 4 rings (SSSR count). The van der Waals surface area contributed by atoms with Crippen LogP contribution < -0.4 is 5.32 Å². The van der Waals surface area contributed by atoms with Gasteiger partial charge in [0.1, 0.15) is 0 Å². The van der Waals surface area contributed by atoms with E-state index in [1.54, 1.807) is 0 Å². The monoisotopic (exact) mass is 292 g/mol. The molecule has 2 N–H and O–H groups in total. The summed E-state index contributed by atoms with van der Waals surface area (Å²) in [6, 6.07) is 0.465. The summed E-state index contributed by atoms with van der Waals surface area (Å²) in [7, 11) is 0. The largest absolute Gasteiger partial charge is 0.481 e. The molecular formula is C16H24N2O3. The molecule has 3 aliphatic carbocycles. The molecule has 1 saturated heterocycles. The van der Waals surface area contributed by atoms with Crippen LogP contribution in [-0.2, 0) is 4.79 Å². The van der Waals surface area contributed by atoms with Crippen LogP contribution in [0.1, 0.15) is 38.5 Å². The number of amides is 2. The highest BCUT2D eigenvalue weighted by Gasteiger charge is 2.65. The zero-order chi connectivity index (χ0) is 14.6. The number of carbonyl (C=O) groups excluding carboxylic acids is 1. The fourth-order valence-corrected chi connectivity index (χ4v) is 5.42. The molecule has 5 unspecified atom stereocenters. The van der Waals surface area contributed by atoms with Gasteiger partial charge in [-0.05, 0) is 61.7 Å². The van der Waals surface area contributed by atoms with Crippen molar-refractivity contribution in [2.75, 3.05) is 13.1 Å². The third kappa shape index (κ3) is 2.30. The van der Waals surface area contributed by atoms with Gasteiger partial charge >= 0.3 is 12.0 Å². The van der Waals surface area contributed by atoms with Gasteiger partial charge in [0.2, 0.25) is 0 Å². The maximum atomic E-state index is 12.4. The van der Waals surface area contributed by atoms with Gasteiger partial charge in [-0.3, -0.25) is 4.79 Å².